The molecular weight excluding hydrogens is 286 g/mol. The van der Waals surface area contributed by atoms with E-state index in [0.717, 1.165) is 23.3 Å². The highest BCUT2D eigenvalue weighted by atomic mass is 79.9. The first-order valence-corrected chi connectivity index (χ1v) is 7.95. The van der Waals surface area contributed by atoms with Crippen molar-refractivity contribution in [3.63, 3.8) is 0 Å². The van der Waals surface area contributed by atoms with Crippen LogP contribution in [0, 0.1) is 0 Å². The average molecular weight is 306 g/mol. The topological polar surface area (TPSA) is 25.2 Å². The Morgan fingerprint density at radius 1 is 1.31 bits per heavy atom. The molecule has 0 aliphatic carbocycles. The van der Waals surface area contributed by atoms with Crippen molar-refractivity contribution < 1.29 is 4.42 Å². The van der Waals surface area contributed by atoms with E-state index in [9.17, 15) is 0 Å². The van der Waals surface area contributed by atoms with Gasteiger partial charge >= 0.3 is 0 Å². The van der Waals surface area contributed by atoms with E-state index in [2.05, 4.69) is 27.5 Å². The van der Waals surface area contributed by atoms with Crippen LogP contribution >= 0.6 is 27.7 Å². The van der Waals surface area contributed by atoms with E-state index in [1.165, 1.54) is 31.4 Å². The molecule has 1 aromatic rings. The average Bonchev–Trinajstić information content (AvgIpc) is 2.68. The van der Waals surface area contributed by atoms with Crippen LogP contribution in [-0.2, 0) is 6.54 Å². The van der Waals surface area contributed by atoms with Crippen molar-refractivity contribution in [2.24, 2.45) is 0 Å². The molecule has 2 nitrogen and oxygen atoms in total. The van der Waals surface area contributed by atoms with Gasteiger partial charge in [0, 0.05) is 0 Å². The Morgan fingerprint density at radius 3 is 2.81 bits per heavy atom. The number of hydrogen-bond acceptors (Lipinski definition) is 3. The van der Waals surface area contributed by atoms with Crippen LogP contribution in [0.25, 0.3) is 0 Å². The van der Waals surface area contributed by atoms with Gasteiger partial charge in [0.05, 0.1) is 17.3 Å². The smallest absolute Gasteiger partial charge is 0.131 e. The zero-order valence-electron chi connectivity index (χ0n) is 9.80. The molecule has 1 N–H and O–H groups in total. The molecule has 0 aliphatic heterocycles. The lowest BCUT2D eigenvalue weighted by Crippen LogP contribution is -2.14. The van der Waals surface area contributed by atoms with E-state index in [1.807, 2.05) is 17.8 Å². The van der Waals surface area contributed by atoms with Gasteiger partial charge in [-0.25, -0.2) is 0 Å². The lowest BCUT2D eigenvalue weighted by molar-refractivity contribution is 0.475. The van der Waals surface area contributed by atoms with Crippen molar-refractivity contribution in [1.82, 2.24) is 5.32 Å². The fourth-order valence-electron chi connectivity index (χ4n) is 1.50. The number of thioether (sulfide) groups is 1. The van der Waals surface area contributed by atoms with Crippen molar-refractivity contribution in [3.05, 3.63) is 22.6 Å². The van der Waals surface area contributed by atoms with Crippen LogP contribution in [0.1, 0.15) is 31.4 Å². The molecule has 4 heteroatoms. The molecule has 0 aromatic carbocycles. The maximum atomic E-state index is 5.31. The Balaban J connectivity index is 1.91. The van der Waals surface area contributed by atoms with E-state index in [1.54, 1.807) is 6.26 Å². The number of rotatable bonds is 9. The minimum absolute atomic E-state index is 0.818. The summed E-state index contributed by atoms with van der Waals surface area (Å²) in [5, 5.41) is 3.39. The van der Waals surface area contributed by atoms with Crippen LogP contribution in [-0.4, -0.2) is 18.6 Å². The molecule has 0 saturated heterocycles. The predicted molar refractivity (Wildman–Crippen MR) is 75.0 cm³/mol. The molecule has 0 unspecified atom stereocenters. The normalized spacial score (nSPS) is 10.9. The number of nitrogens with one attached hydrogen (secondary N) is 1. The van der Waals surface area contributed by atoms with Crippen LogP contribution in [0.4, 0.5) is 0 Å². The maximum Gasteiger partial charge on any atom is 0.131 e. The second-order valence-corrected chi connectivity index (χ2v) is 5.62. The fraction of sp³-hybridized carbons (Fsp3) is 0.667. The molecule has 92 valence electrons. The maximum absolute atomic E-state index is 5.31. The number of unbranched alkanes of at least 4 members (excludes halogenated alkanes) is 3. The molecule has 1 aromatic heterocycles. The van der Waals surface area contributed by atoms with Gasteiger partial charge in [-0.2, -0.15) is 11.8 Å². The zero-order valence-corrected chi connectivity index (χ0v) is 12.2. The van der Waals surface area contributed by atoms with Crippen LogP contribution in [0.5, 0.6) is 0 Å². The largest absolute Gasteiger partial charge is 0.467 e. The van der Waals surface area contributed by atoms with Crippen LogP contribution in [0.3, 0.4) is 0 Å². The number of furan rings is 1. The van der Waals surface area contributed by atoms with Gasteiger partial charge < -0.3 is 9.73 Å². The Morgan fingerprint density at radius 2 is 2.12 bits per heavy atom. The van der Waals surface area contributed by atoms with E-state index in [4.69, 9.17) is 4.42 Å². The van der Waals surface area contributed by atoms with E-state index >= 15 is 0 Å². The first kappa shape index (κ1) is 14.1. The lowest BCUT2D eigenvalue weighted by atomic mass is 10.2. The molecule has 0 bridgehead atoms. The van der Waals surface area contributed by atoms with Gasteiger partial charge in [0.2, 0.25) is 0 Å². The molecule has 0 fully saturated rings. The summed E-state index contributed by atoms with van der Waals surface area (Å²) in [5.74, 6) is 2.29. The second kappa shape index (κ2) is 9.14. The number of halogens is 1. The Kier molecular flexibility index (Phi) is 8.07. The van der Waals surface area contributed by atoms with Gasteiger partial charge in [0.1, 0.15) is 5.76 Å². The summed E-state index contributed by atoms with van der Waals surface area (Å²) >= 11 is 5.38. The standard InChI is InChI=1S/C12H20BrNOS/c1-16-9-5-3-2-4-7-14-10-12-11(13)6-8-15-12/h6,8,14H,2-5,7,9-10H2,1H3. The summed E-state index contributed by atoms with van der Waals surface area (Å²) in [5.41, 5.74) is 0. The van der Waals surface area contributed by atoms with Gasteiger partial charge in [-0.15, -0.1) is 0 Å². The molecular formula is C12H20BrNOS. The molecule has 0 amide bonds. The third-order valence-corrected chi connectivity index (χ3v) is 3.83. The Labute approximate surface area is 111 Å². The van der Waals surface area contributed by atoms with E-state index < -0.39 is 0 Å². The monoisotopic (exact) mass is 305 g/mol. The minimum atomic E-state index is 0.818. The SMILES string of the molecule is CSCCCCCCNCc1occc1Br. The highest BCUT2D eigenvalue weighted by Crippen LogP contribution is 2.16. The summed E-state index contributed by atoms with van der Waals surface area (Å²) < 4.78 is 6.37. The van der Waals surface area contributed by atoms with Crippen molar-refractivity contribution in [2.75, 3.05) is 18.6 Å². The summed E-state index contributed by atoms with van der Waals surface area (Å²) in [6, 6.07) is 1.93. The summed E-state index contributed by atoms with van der Waals surface area (Å²) in [7, 11) is 0. The van der Waals surface area contributed by atoms with Crippen molar-refractivity contribution in [3.8, 4) is 0 Å². The molecule has 0 saturated carbocycles. The summed E-state index contributed by atoms with van der Waals surface area (Å²) in [4.78, 5) is 0. The van der Waals surface area contributed by atoms with Crippen molar-refractivity contribution in [1.29, 1.82) is 0 Å². The van der Waals surface area contributed by atoms with Crippen LogP contribution in [0.15, 0.2) is 21.2 Å². The predicted octanol–water partition coefficient (Wildman–Crippen LogP) is 4.06. The Bertz CT molecular complexity index is 278. The molecule has 1 rings (SSSR count). The van der Waals surface area contributed by atoms with Gasteiger partial charge in [-0.1, -0.05) is 12.8 Å². The minimum Gasteiger partial charge on any atom is -0.467 e. The van der Waals surface area contributed by atoms with E-state index in [-0.39, 0.29) is 0 Å². The van der Waals surface area contributed by atoms with Crippen LogP contribution in [0.2, 0.25) is 0 Å². The third kappa shape index (κ3) is 5.97. The molecule has 0 spiro atoms. The van der Waals surface area contributed by atoms with Gasteiger partial charge in [-0.05, 0) is 53.4 Å². The number of hydrogen-bond donors (Lipinski definition) is 1. The van der Waals surface area contributed by atoms with Gasteiger partial charge in [-0.3, -0.25) is 0 Å². The first-order valence-electron chi connectivity index (χ1n) is 5.76. The quantitative estimate of drug-likeness (QED) is 0.697. The fourth-order valence-corrected chi connectivity index (χ4v) is 2.34. The Hall–Kier alpha value is 0.0700. The summed E-state index contributed by atoms with van der Waals surface area (Å²) in [6.45, 7) is 1.89. The lowest BCUT2D eigenvalue weighted by Gasteiger charge is -2.03. The molecule has 0 radical (unpaired) electrons. The third-order valence-electron chi connectivity index (χ3n) is 2.43. The highest BCUT2D eigenvalue weighted by molar-refractivity contribution is 9.10. The molecule has 1 heterocycles. The summed E-state index contributed by atoms with van der Waals surface area (Å²) in [6.07, 6.45) is 9.17. The van der Waals surface area contributed by atoms with Gasteiger partial charge in [0.25, 0.3) is 0 Å². The first-order chi connectivity index (χ1) is 7.84. The van der Waals surface area contributed by atoms with Crippen LogP contribution < -0.4 is 5.32 Å². The highest BCUT2D eigenvalue weighted by Gasteiger charge is 2.01. The zero-order chi connectivity index (χ0) is 11.6. The second-order valence-electron chi connectivity index (χ2n) is 3.78. The van der Waals surface area contributed by atoms with Crippen molar-refractivity contribution >= 4 is 27.7 Å². The van der Waals surface area contributed by atoms with E-state index in [0.29, 0.717) is 0 Å². The van der Waals surface area contributed by atoms with Gasteiger partial charge in [0.15, 0.2) is 0 Å². The molecule has 0 atom stereocenters. The molecule has 16 heavy (non-hydrogen) atoms. The molecule has 0 aliphatic rings. The van der Waals surface area contributed by atoms with Crippen molar-refractivity contribution in [2.45, 2.75) is 32.2 Å².